The molecule has 1 aliphatic carbocycles. The third kappa shape index (κ3) is 2.13. The molecule has 1 unspecified atom stereocenters. The first-order valence-corrected chi connectivity index (χ1v) is 6.34. The molecule has 98 valence electrons. The zero-order valence-electron chi connectivity index (χ0n) is 10.4. The van der Waals surface area contributed by atoms with Crippen LogP contribution in [0, 0.1) is 0 Å². The van der Waals surface area contributed by atoms with Crippen LogP contribution in [0.25, 0.3) is 0 Å². The molecule has 1 aliphatic heterocycles. The number of imidazole rings is 1. The number of hydrogen-bond donors (Lipinski definition) is 3. The van der Waals surface area contributed by atoms with Gasteiger partial charge in [0, 0.05) is 26.1 Å². The van der Waals surface area contributed by atoms with Gasteiger partial charge in [-0.1, -0.05) is 0 Å². The highest BCUT2D eigenvalue weighted by Crippen LogP contribution is 2.22. The van der Waals surface area contributed by atoms with Gasteiger partial charge in [0.15, 0.2) is 0 Å². The quantitative estimate of drug-likeness (QED) is 0.689. The molecule has 0 spiro atoms. The van der Waals surface area contributed by atoms with E-state index in [9.17, 15) is 4.79 Å². The van der Waals surface area contributed by atoms with Crippen molar-refractivity contribution in [3.63, 3.8) is 0 Å². The average Bonchev–Trinajstić information content (AvgIpc) is 2.79. The number of methoxy groups -OCH3 is 1. The molecular weight excluding hydrogens is 232 g/mol. The summed E-state index contributed by atoms with van der Waals surface area (Å²) in [5.41, 5.74) is 2.08. The number of ether oxygens (including phenoxy) is 1. The maximum absolute atomic E-state index is 12.1. The van der Waals surface area contributed by atoms with E-state index in [1.54, 1.807) is 13.4 Å². The second-order valence-corrected chi connectivity index (χ2v) is 5.00. The van der Waals surface area contributed by atoms with Gasteiger partial charge in [0.25, 0.3) is 0 Å². The number of aromatic amines is 1. The van der Waals surface area contributed by atoms with Gasteiger partial charge in [-0.05, 0) is 12.8 Å². The van der Waals surface area contributed by atoms with Crippen LogP contribution in [0.5, 0.6) is 0 Å². The van der Waals surface area contributed by atoms with Crippen molar-refractivity contribution in [1.82, 2.24) is 20.6 Å². The third-order valence-electron chi connectivity index (χ3n) is 3.82. The molecule has 1 saturated carbocycles. The summed E-state index contributed by atoms with van der Waals surface area (Å²) in [4.78, 5) is 19.4. The SMILES string of the molecule is COC1CC(NC(=O)C2Cc3nc[nH]c3CN2)C1. The van der Waals surface area contributed by atoms with Crippen LogP contribution >= 0.6 is 0 Å². The molecule has 1 amide bonds. The van der Waals surface area contributed by atoms with Crippen LogP contribution in [0.1, 0.15) is 24.2 Å². The zero-order valence-corrected chi connectivity index (χ0v) is 10.4. The molecule has 0 bridgehead atoms. The van der Waals surface area contributed by atoms with Gasteiger partial charge in [-0.15, -0.1) is 0 Å². The Bertz CT molecular complexity index is 439. The van der Waals surface area contributed by atoms with Gasteiger partial charge in [-0.2, -0.15) is 0 Å². The van der Waals surface area contributed by atoms with Crippen LogP contribution in [0.15, 0.2) is 6.33 Å². The molecule has 0 radical (unpaired) electrons. The molecule has 1 fully saturated rings. The Hall–Kier alpha value is -1.40. The van der Waals surface area contributed by atoms with Gasteiger partial charge in [-0.25, -0.2) is 4.98 Å². The monoisotopic (exact) mass is 250 g/mol. The minimum Gasteiger partial charge on any atom is -0.381 e. The van der Waals surface area contributed by atoms with Crippen LogP contribution in [-0.4, -0.2) is 41.2 Å². The number of aromatic nitrogens is 2. The predicted octanol–water partition coefficient (Wildman–Crippen LogP) is -0.282. The third-order valence-corrected chi connectivity index (χ3v) is 3.82. The number of H-pyrrole nitrogens is 1. The number of nitrogens with one attached hydrogen (secondary N) is 3. The van der Waals surface area contributed by atoms with E-state index in [1.807, 2.05) is 0 Å². The lowest BCUT2D eigenvalue weighted by atomic mass is 9.89. The first-order chi connectivity index (χ1) is 8.76. The van der Waals surface area contributed by atoms with E-state index in [1.165, 1.54) is 0 Å². The Balaban J connectivity index is 1.52. The van der Waals surface area contributed by atoms with Gasteiger partial charge in [-0.3, -0.25) is 10.1 Å². The van der Waals surface area contributed by atoms with Crippen molar-refractivity contribution in [3.8, 4) is 0 Å². The van der Waals surface area contributed by atoms with Crippen molar-refractivity contribution in [2.75, 3.05) is 7.11 Å². The molecule has 3 N–H and O–H groups in total. The lowest BCUT2D eigenvalue weighted by Crippen LogP contribution is -2.54. The topological polar surface area (TPSA) is 79.0 Å². The van der Waals surface area contributed by atoms with E-state index in [0.717, 1.165) is 24.2 Å². The number of carbonyl (C=O) groups is 1. The lowest BCUT2D eigenvalue weighted by Gasteiger charge is -2.35. The zero-order chi connectivity index (χ0) is 12.5. The summed E-state index contributed by atoms with van der Waals surface area (Å²) in [6.45, 7) is 0.679. The number of nitrogens with zero attached hydrogens (tertiary/aromatic N) is 1. The number of amides is 1. The summed E-state index contributed by atoms with van der Waals surface area (Å²) in [6.07, 6.45) is 4.49. The average molecular weight is 250 g/mol. The number of hydrogen-bond acceptors (Lipinski definition) is 4. The van der Waals surface area contributed by atoms with Crippen molar-refractivity contribution >= 4 is 5.91 Å². The molecule has 1 aromatic heterocycles. The molecule has 1 atom stereocenters. The van der Waals surface area contributed by atoms with E-state index in [4.69, 9.17) is 4.74 Å². The summed E-state index contributed by atoms with van der Waals surface area (Å²) in [7, 11) is 1.71. The smallest absolute Gasteiger partial charge is 0.237 e. The molecule has 2 heterocycles. The standard InChI is InChI=1S/C12H18N4O2/c1-18-8-2-7(3-8)16-12(17)10-4-9-11(5-13-10)15-6-14-9/h6-8,10,13H,2-5H2,1H3,(H,14,15)(H,16,17). The van der Waals surface area contributed by atoms with Crippen LogP contribution in [-0.2, 0) is 22.5 Å². The van der Waals surface area contributed by atoms with Gasteiger partial charge < -0.3 is 15.0 Å². The number of carbonyl (C=O) groups excluding carboxylic acids is 1. The Morgan fingerprint density at radius 1 is 1.56 bits per heavy atom. The van der Waals surface area contributed by atoms with Crippen molar-refractivity contribution in [2.45, 2.75) is 44.0 Å². The first kappa shape index (κ1) is 11.7. The molecule has 3 rings (SSSR count). The first-order valence-electron chi connectivity index (χ1n) is 6.34. The molecule has 18 heavy (non-hydrogen) atoms. The molecular formula is C12H18N4O2. The van der Waals surface area contributed by atoms with Gasteiger partial charge >= 0.3 is 0 Å². The van der Waals surface area contributed by atoms with E-state index >= 15 is 0 Å². The molecule has 0 aromatic carbocycles. The highest BCUT2D eigenvalue weighted by atomic mass is 16.5. The summed E-state index contributed by atoms with van der Waals surface area (Å²) in [6, 6.07) is 0.104. The number of rotatable bonds is 3. The van der Waals surface area contributed by atoms with Crippen LogP contribution in [0.3, 0.4) is 0 Å². The van der Waals surface area contributed by atoms with Crippen molar-refractivity contribution in [2.24, 2.45) is 0 Å². The highest BCUT2D eigenvalue weighted by molar-refractivity contribution is 5.82. The fraction of sp³-hybridized carbons (Fsp3) is 0.667. The Morgan fingerprint density at radius 3 is 3.17 bits per heavy atom. The Morgan fingerprint density at radius 2 is 2.39 bits per heavy atom. The molecule has 6 nitrogen and oxygen atoms in total. The van der Waals surface area contributed by atoms with Crippen molar-refractivity contribution < 1.29 is 9.53 Å². The molecule has 0 saturated heterocycles. The summed E-state index contributed by atoms with van der Waals surface area (Å²) < 4.78 is 5.20. The summed E-state index contributed by atoms with van der Waals surface area (Å²) in [5, 5.41) is 6.28. The van der Waals surface area contributed by atoms with Crippen LogP contribution < -0.4 is 10.6 Å². The fourth-order valence-electron chi connectivity index (χ4n) is 2.53. The van der Waals surface area contributed by atoms with Gasteiger partial charge in [0.05, 0.1) is 29.9 Å². The van der Waals surface area contributed by atoms with Crippen LogP contribution in [0.2, 0.25) is 0 Å². The van der Waals surface area contributed by atoms with E-state index in [0.29, 0.717) is 19.1 Å². The molecule has 2 aliphatic rings. The maximum Gasteiger partial charge on any atom is 0.237 e. The van der Waals surface area contributed by atoms with Crippen molar-refractivity contribution in [3.05, 3.63) is 17.7 Å². The van der Waals surface area contributed by atoms with Gasteiger partial charge in [0.1, 0.15) is 0 Å². The van der Waals surface area contributed by atoms with E-state index in [-0.39, 0.29) is 18.0 Å². The Kier molecular flexibility index (Phi) is 3.05. The van der Waals surface area contributed by atoms with Gasteiger partial charge in [0.2, 0.25) is 5.91 Å². The van der Waals surface area contributed by atoms with Crippen molar-refractivity contribution in [1.29, 1.82) is 0 Å². The minimum absolute atomic E-state index is 0.0724. The molecule has 6 heteroatoms. The predicted molar refractivity (Wildman–Crippen MR) is 64.9 cm³/mol. The van der Waals surface area contributed by atoms with Crippen LogP contribution in [0.4, 0.5) is 0 Å². The minimum atomic E-state index is -0.164. The summed E-state index contributed by atoms with van der Waals surface area (Å²) >= 11 is 0. The summed E-state index contributed by atoms with van der Waals surface area (Å²) in [5.74, 6) is 0.0724. The largest absolute Gasteiger partial charge is 0.381 e. The highest BCUT2D eigenvalue weighted by Gasteiger charge is 2.33. The Labute approximate surface area is 106 Å². The van der Waals surface area contributed by atoms with E-state index < -0.39 is 0 Å². The number of fused-ring (bicyclic) bond motifs is 1. The fourth-order valence-corrected chi connectivity index (χ4v) is 2.53. The van der Waals surface area contributed by atoms with E-state index in [2.05, 4.69) is 20.6 Å². The second-order valence-electron chi connectivity index (χ2n) is 5.00. The second kappa shape index (κ2) is 4.70. The maximum atomic E-state index is 12.1. The molecule has 1 aromatic rings. The lowest BCUT2D eigenvalue weighted by molar-refractivity contribution is -0.125. The normalized spacial score (nSPS) is 30.4.